The minimum Gasteiger partial charge on any atom is -0.493 e. The van der Waals surface area contributed by atoms with Gasteiger partial charge in [-0.2, -0.15) is 4.31 Å². The van der Waals surface area contributed by atoms with E-state index in [1.165, 1.54) is 16.4 Å². The molecule has 0 saturated carbocycles. The number of carbonyl (C=O) groups excluding carboxylic acids is 1. The van der Waals surface area contributed by atoms with Crippen LogP contribution in [0.2, 0.25) is 5.02 Å². The molecule has 1 fully saturated rings. The number of amides is 1. The highest BCUT2D eigenvalue weighted by Crippen LogP contribution is 2.26. The zero-order valence-electron chi connectivity index (χ0n) is 21.4. The summed E-state index contributed by atoms with van der Waals surface area (Å²) >= 11 is 6.27. The fourth-order valence-electron chi connectivity index (χ4n) is 4.18. The van der Waals surface area contributed by atoms with E-state index in [1.54, 1.807) is 53.4 Å². The number of hydrogen-bond donors (Lipinski definition) is 0. The van der Waals surface area contributed by atoms with E-state index < -0.39 is 10.0 Å². The van der Waals surface area contributed by atoms with Crippen molar-refractivity contribution in [1.82, 2.24) is 9.21 Å². The molecule has 1 heterocycles. The molecular weight excluding hydrogens is 527 g/mol. The summed E-state index contributed by atoms with van der Waals surface area (Å²) in [5.74, 6) is 0.209. The number of ether oxygens (including phenoxy) is 1. The Bertz CT molecular complexity index is 1340. The van der Waals surface area contributed by atoms with Crippen LogP contribution >= 0.6 is 11.6 Å². The summed E-state index contributed by atoms with van der Waals surface area (Å²) in [5, 5.41) is 0.550. The lowest BCUT2D eigenvalue weighted by atomic mass is 10.1. The van der Waals surface area contributed by atoms with E-state index in [9.17, 15) is 17.6 Å². The van der Waals surface area contributed by atoms with Gasteiger partial charge in [0.1, 0.15) is 11.6 Å². The van der Waals surface area contributed by atoms with Crippen molar-refractivity contribution in [2.24, 2.45) is 0 Å². The van der Waals surface area contributed by atoms with Crippen LogP contribution in [0.4, 0.5) is 4.39 Å². The summed E-state index contributed by atoms with van der Waals surface area (Å²) < 4.78 is 46.0. The Labute approximate surface area is 229 Å². The number of rotatable bonds is 12. The van der Waals surface area contributed by atoms with Crippen LogP contribution in [0.15, 0.2) is 71.6 Å². The number of sulfonamides is 1. The van der Waals surface area contributed by atoms with Crippen LogP contribution in [0.25, 0.3) is 0 Å². The Morgan fingerprint density at radius 2 is 1.71 bits per heavy atom. The maximum Gasteiger partial charge on any atom is 0.243 e. The molecule has 4 rings (SSSR count). The Morgan fingerprint density at radius 3 is 2.34 bits per heavy atom. The fourth-order valence-corrected chi connectivity index (χ4v) is 5.89. The second kappa shape index (κ2) is 12.7. The van der Waals surface area contributed by atoms with Crippen molar-refractivity contribution in [3.05, 3.63) is 94.3 Å². The predicted octanol–water partition coefficient (Wildman–Crippen LogP) is 5.48. The molecule has 0 unspecified atom stereocenters. The van der Waals surface area contributed by atoms with Gasteiger partial charge < -0.3 is 9.64 Å². The molecule has 0 aromatic heterocycles. The number of halogens is 2. The van der Waals surface area contributed by atoms with Crippen molar-refractivity contribution in [2.75, 3.05) is 26.2 Å². The fraction of sp³-hybridized carbons (Fsp3) is 0.345. The SMILES string of the molecule is CCCOc1ccc(Cl)cc1CN(CCc1ccc(S(=O)(=O)N2CCC2)cc1)C(=O)Cc1ccc(F)cc1. The van der Waals surface area contributed by atoms with Crippen molar-refractivity contribution >= 4 is 27.5 Å². The van der Waals surface area contributed by atoms with E-state index in [-0.39, 0.29) is 23.0 Å². The first-order valence-electron chi connectivity index (χ1n) is 12.8. The van der Waals surface area contributed by atoms with Crippen LogP contribution in [0, 0.1) is 5.82 Å². The molecule has 0 spiro atoms. The lowest BCUT2D eigenvalue weighted by molar-refractivity contribution is -0.131. The molecule has 1 amide bonds. The second-order valence-electron chi connectivity index (χ2n) is 9.37. The van der Waals surface area contributed by atoms with E-state index >= 15 is 0 Å². The molecule has 38 heavy (non-hydrogen) atoms. The molecule has 1 aliphatic rings. The number of carbonyl (C=O) groups is 1. The normalized spacial score (nSPS) is 13.7. The highest BCUT2D eigenvalue weighted by Gasteiger charge is 2.29. The Hall–Kier alpha value is -2.94. The average Bonchev–Trinajstić information content (AvgIpc) is 2.86. The van der Waals surface area contributed by atoms with Crippen LogP contribution in [-0.4, -0.2) is 49.8 Å². The molecule has 6 nitrogen and oxygen atoms in total. The summed E-state index contributed by atoms with van der Waals surface area (Å²) in [7, 11) is -3.44. The topological polar surface area (TPSA) is 66.9 Å². The minimum atomic E-state index is -3.44. The number of hydrogen-bond acceptors (Lipinski definition) is 4. The van der Waals surface area contributed by atoms with E-state index in [0.29, 0.717) is 50.0 Å². The van der Waals surface area contributed by atoms with Crippen molar-refractivity contribution in [3.63, 3.8) is 0 Å². The molecule has 0 aliphatic carbocycles. The molecule has 1 saturated heterocycles. The van der Waals surface area contributed by atoms with Gasteiger partial charge >= 0.3 is 0 Å². The monoisotopic (exact) mass is 558 g/mol. The summed E-state index contributed by atoms with van der Waals surface area (Å²) in [6, 6.07) is 18.1. The Balaban J connectivity index is 1.51. The van der Waals surface area contributed by atoms with E-state index in [0.717, 1.165) is 29.5 Å². The minimum absolute atomic E-state index is 0.116. The Kier molecular flexibility index (Phi) is 9.41. The van der Waals surface area contributed by atoms with Crippen LogP contribution in [-0.2, 0) is 34.2 Å². The average molecular weight is 559 g/mol. The Morgan fingerprint density at radius 1 is 1.03 bits per heavy atom. The first-order valence-corrected chi connectivity index (χ1v) is 14.6. The van der Waals surface area contributed by atoms with Gasteiger partial charge in [-0.05, 0) is 72.9 Å². The van der Waals surface area contributed by atoms with Gasteiger partial charge in [0.25, 0.3) is 0 Å². The maximum atomic E-state index is 13.4. The maximum absolute atomic E-state index is 13.4. The molecule has 0 N–H and O–H groups in total. The smallest absolute Gasteiger partial charge is 0.243 e. The van der Waals surface area contributed by atoms with Gasteiger partial charge in [-0.1, -0.05) is 42.8 Å². The van der Waals surface area contributed by atoms with Crippen LogP contribution < -0.4 is 4.74 Å². The lowest BCUT2D eigenvalue weighted by Crippen LogP contribution is -2.41. The van der Waals surface area contributed by atoms with Crippen molar-refractivity contribution in [1.29, 1.82) is 0 Å². The summed E-state index contributed by atoms with van der Waals surface area (Å²) in [6.07, 6.45) is 2.39. The van der Waals surface area contributed by atoms with Crippen molar-refractivity contribution in [2.45, 2.75) is 44.0 Å². The van der Waals surface area contributed by atoms with E-state index in [4.69, 9.17) is 16.3 Å². The van der Waals surface area contributed by atoms with Crippen LogP contribution in [0.1, 0.15) is 36.5 Å². The largest absolute Gasteiger partial charge is 0.493 e. The third-order valence-corrected chi connectivity index (χ3v) is 8.66. The number of benzene rings is 3. The summed E-state index contributed by atoms with van der Waals surface area (Å²) in [6.45, 7) is 4.38. The van der Waals surface area contributed by atoms with Gasteiger partial charge in [0.15, 0.2) is 0 Å². The summed E-state index contributed by atoms with van der Waals surface area (Å²) in [5.41, 5.74) is 2.44. The van der Waals surface area contributed by atoms with Gasteiger partial charge in [0, 0.05) is 36.8 Å². The third-order valence-electron chi connectivity index (χ3n) is 6.51. The van der Waals surface area contributed by atoms with Crippen molar-refractivity contribution < 1.29 is 22.3 Å². The quantitative estimate of drug-likeness (QED) is 0.295. The molecule has 202 valence electrons. The molecule has 3 aromatic carbocycles. The van der Waals surface area contributed by atoms with E-state index in [1.807, 2.05) is 13.0 Å². The molecule has 3 aromatic rings. The van der Waals surface area contributed by atoms with Crippen LogP contribution in [0.5, 0.6) is 5.75 Å². The van der Waals surface area contributed by atoms with Gasteiger partial charge in [-0.25, -0.2) is 12.8 Å². The zero-order chi connectivity index (χ0) is 27.1. The molecule has 9 heteroatoms. The first kappa shape index (κ1) is 28.1. The predicted molar refractivity (Wildman–Crippen MR) is 146 cm³/mol. The third kappa shape index (κ3) is 7.12. The molecular formula is C29H32ClFN2O4S. The standard InChI is InChI=1S/C29H32ClFN2O4S/c1-2-18-37-28-13-8-25(30)20-24(28)21-32(29(34)19-23-4-9-26(31)10-5-23)17-14-22-6-11-27(12-7-22)38(35,36)33-15-3-16-33/h4-13,20H,2-3,14-19,21H2,1H3. The van der Waals surface area contributed by atoms with Gasteiger partial charge in [0.05, 0.1) is 17.9 Å². The zero-order valence-corrected chi connectivity index (χ0v) is 23.0. The molecule has 1 aliphatic heterocycles. The molecule has 0 bridgehead atoms. The van der Waals surface area contributed by atoms with Gasteiger partial charge in [-0.15, -0.1) is 0 Å². The lowest BCUT2D eigenvalue weighted by Gasteiger charge is -2.29. The molecule has 0 atom stereocenters. The molecule has 0 radical (unpaired) electrons. The number of nitrogens with zero attached hydrogens (tertiary/aromatic N) is 2. The van der Waals surface area contributed by atoms with Crippen molar-refractivity contribution in [3.8, 4) is 5.75 Å². The highest BCUT2D eigenvalue weighted by atomic mass is 35.5. The van der Waals surface area contributed by atoms with Gasteiger partial charge in [-0.3, -0.25) is 4.79 Å². The summed E-state index contributed by atoms with van der Waals surface area (Å²) in [4.78, 5) is 15.4. The van der Waals surface area contributed by atoms with E-state index in [2.05, 4.69) is 0 Å². The second-order valence-corrected chi connectivity index (χ2v) is 11.7. The first-order chi connectivity index (χ1) is 18.3. The van der Waals surface area contributed by atoms with Crippen LogP contribution in [0.3, 0.4) is 0 Å². The highest BCUT2D eigenvalue weighted by molar-refractivity contribution is 7.89. The van der Waals surface area contributed by atoms with Gasteiger partial charge in [0.2, 0.25) is 15.9 Å².